The van der Waals surface area contributed by atoms with Crippen LogP contribution in [0.15, 0.2) is 54.6 Å². The second-order valence-corrected chi connectivity index (χ2v) is 16.4. The smallest absolute Gasteiger partial charge is 0.251 e. The van der Waals surface area contributed by atoms with E-state index in [2.05, 4.69) is 46.9 Å². The van der Waals surface area contributed by atoms with Gasteiger partial charge >= 0.3 is 0 Å². The quantitative estimate of drug-likeness (QED) is 0.0550. The summed E-state index contributed by atoms with van der Waals surface area (Å²) in [5, 5.41) is 2.99. The molecule has 8 nitrogen and oxygen atoms in total. The monoisotopic (exact) mass is 772 g/mol. The molecule has 308 valence electrons. The van der Waals surface area contributed by atoms with Crippen molar-refractivity contribution in [1.82, 2.24) is 5.32 Å². The molecule has 0 saturated heterocycles. The molecule has 3 aromatic rings. The average molecular weight is 772 g/mol. The van der Waals surface area contributed by atoms with Gasteiger partial charge in [0, 0.05) is 23.2 Å². The number of nitrogens with one attached hydrogen (secondary N) is 1. The summed E-state index contributed by atoms with van der Waals surface area (Å²) in [4.78, 5) is 26.4. The van der Waals surface area contributed by atoms with Crippen LogP contribution in [0.5, 0.6) is 23.0 Å². The lowest BCUT2D eigenvalue weighted by atomic mass is 10.1. The first-order valence-corrected chi connectivity index (χ1v) is 21.5. The first-order chi connectivity index (χ1) is 27.1. The number of rotatable bonds is 29. The lowest BCUT2D eigenvalue weighted by Gasteiger charge is -2.19. The average Bonchev–Trinajstić information content (AvgIpc) is 3.45. The largest absolute Gasteiger partial charge is 0.491 e. The molecule has 8 heteroatoms. The Morgan fingerprint density at radius 3 is 1.64 bits per heavy atom. The molecule has 56 heavy (non-hydrogen) atoms. The molecular weight excluding hydrogens is 703 g/mol. The number of benzene rings is 3. The summed E-state index contributed by atoms with van der Waals surface area (Å²) in [6.07, 6.45) is 13.3. The maximum absolute atomic E-state index is 13.5. The van der Waals surface area contributed by atoms with E-state index >= 15 is 0 Å². The number of ketones is 1. The van der Waals surface area contributed by atoms with Gasteiger partial charge in [-0.2, -0.15) is 0 Å². The Balaban J connectivity index is 1.32. The Labute approximate surface area is 337 Å². The van der Waals surface area contributed by atoms with Crippen LogP contribution in [0.2, 0.25) is 0 Å². The number of carbonyl (C=O) groups is 2. The van der Waals surface area contributed by atoms with Gasteiger partial charge in [0.1, 0.15) is 12.4 Å². The zero-order valence-electron chi connectivity index (χ0n) is 35.2. The molecule has 0 saturated carbocycles. The summed E-state index contributed by atoms with van der Waals surface area (Å²) in [6.45, 7) is 16.5. The minimum Gasteiger partial charge on any atom is -0.491 e. The molecule has 0 fully saturated rings. The van der Waals surface area contributed by atoms with Crippen molar-refractivity contribution in [2.24, 2.45) is 17.8 Å². The number of fused-ring (bicyclic) bond motifs is 3. The topological polar surface area (TPSA) is 92.3 Å². The summed E-state index contributed by atoms with van der Waals surface area (Å²) in [7, 11) is 0. The highest BCUT2D eigenvalue weighted by Crippen LogP contribution is 2.40. The van der Waals surface area contributed by atoms with Gasteiger partial charge in [-0.3, -0.25) is 9.59 Å². The number of hydrogen-bond donors (Lipinski definition) is 1. The molecule has 1 amide bonds. The molecule has 0 spiro atoms. The van der Waals surface area contributed by atoms with Crippen molar-refractivity contribution < 1.29 is 33.3 Å². The molecule has 0 bridgehead atoms. The van der Waals surface area contributed by atoms with Crippen molar-refractivity contribution >= 4 is 11.7 Å². The molecule has 0 atom stereocenters. The van der Waals surface area contributed by atoms with Gasteiger partial charge in [0.25, 0.3) is 5.91 Å². The van der Waals surface area contributed by atoms with E-state index in [0.717, 1.165) is 55.2 Å². The first kappa shape index (κ1) is 44.7. The molecule has 1 N–H and O–H groups in total. The van der Waals surface area contributed by atoms with Crippen LogP contribution in [0.25, 0.3) is 11.1 Å². The van der Waals surface area contributed by atoms with Crippen molar-refractivity contribution in [3.63, 3.8) is 0 Å². The van der Waals surface area contributed by atoms with Crippen LogP contribution in [-0.4, -0.2) is 57.9 Å². The van der Waals surface area contributed by atoms with Crippen LogP contribution in [0.3, 0.4) is 0 Å². The summed E-state index contributed by atoms with van der Waals surface area (Å²) >= 11 is 0. The van der Waals surface area contributed by atoms with E-state index in [1.807, 2.05) is 36.4 Å². The Bertz CT molecular complexity index is 1590. The number of amides is 1. The molecule has 0 radical (unpaired) electrons. The normalized spacial score (nSPS) is 12.0. The Morgan fingerprint density at radius 1 is 0.536 bits per heavy atom. The summed E-state index contributed by atoms with van der Waals surface area (Å²) in [5.74, 6) is 4.22. The van der Waals surface area contributed by atoms with Gasteiger partial charge in [-0.25, -0.2) is 0 Å². The number of hydrogen-bond acceptors (Lipinski definition) is 7. The molecular formula is C48H69NO7. The lowest BCUT2D eigenvalue weighted by Crippen LogP contribution is -2.28. The minimum atomic E-state index is -0.225. The van der Waals surface area contributed by atoms with E-state index in [-0.39, 0.29) is 11.7 Å². The molecule has 1 aliphatic carbocycles. The van der Waals surface area contributed by atoms with Crippen LogP contribution in [0, 0.1) is 17.8 Å². The predicted octanol–water partition coefficient (Wildman–Crippen LogP) is 11.5. The maximum atomic E-state index is 13.5. The van der Waals surface area contributed by atoms with E-state index in [1.165, 1.54) is 38.5 Å². The molecule has 4 rings (SSSR count). The summed E-state index contributed by atoms with van der Waals surface area (Å²) < 4.78 is 30.8. The minimum absolute atomic E-state index is 0.0225. The van der Waals surface area contributed by atoms with Crippen LogP contribution in [-0.2, 0) is 4.74 Å². The van der Waals surface area contributed by atoms with Gasteiger partial charge in [-0.05, 0) is 78.5 Å². The number of unbranched alkanes of at least 4 members (excludes halogenated alkanes) is 6. The van der Waals surface area contributed by atoms with Crippen LogP contribution in [0.1, 0.15) is 145 Å². The highest BCUT2D eigenvalue weighted by molar-refractivity contribution is 6.21. The molecule has 1 aliphatic rings. The zero-order valence-corrected chi connectivity index (χ0v) is 35.2. The van der Waals surface area contributed by atoms with Crippen LogP contribution >= 0.6 is 0 Å². The van der Waals surface area contributed by atoms with Gasteiger partial charge in [-0.15, -0.1) is 0 Å². The first-order valence-electron chi connectivity index (χ1n) is 21.5. The molecule has 0 heterocycles. The SMILES string of the molecule is CC(C)CCCCCOc1cc(C(=O)NCCOCCOc2ccc3c(c2)C(=O)c2ccccc2-3)cc(OCCCCCC(C)C)c1OCCCCCC(C)C. The lowest BCUT2D eigenvalue weighted by molar-refractivity contribution is 0.0865. The highest BCUT2D eigenvalue weighted by Gasteiger charge is 2.26. The molecule has 0 aromatic heterocycles. The number of ether oxygens (including phenoxy) is 5. The van der Waals surface area contributed by atoms with E-state index < -0.39 is 0 Å². The van der Waals surface area contributed by atoms with E-state index in [1.54, 1.807) is 18.2 Å². The van der Waals surface area contributed by atoms with Gasteiger partial charge in [0.15, 0.2) is 17.3 Å². The van der Waals surface area contributed by atoms with Gasteiger partial charge < -0.3 is 29.0 Å². The van der Waals surface area contributed by atoms with E-state index in [9.17, 15) is 9.59 Å². The Morgan fingerprint density at radius 2 is 1.07 bits per heavy atom. The molecule has 0 aliphatic heterocycles. The van der Waals surface area contributed by atoms with E-state index in [0.29, 0.717) is 98.1 Å². The van der Waals surface area contributed by atoms with Crippen molar-refractivity contribution in [1.29, 1.82) is 0 Å². The fraction of sp³-hybridized carbons (Fsp3) is 0.583. The standard InChI is InChI=1S/C48H69NO7/c1-35(2)18-10-7-15-26-54-44-32-38(33-45(55-27-16-8-11-19-36(3)4)47(44)56-28-17-9-12-20-37(5)6)48(51)49-25-29-52-30-31-53-39-23-24-41-40-21-13-14-22-42(40)46(50)43(41)34-39/h13-14,21-24,32-37H,7-12,15-20,25-31H2,1-6H3,(H,49,51). The van der Waals surface area contributed by atoms with Crippen molar-refractivity contribution in [2.45, 2.75) is 119 Å². The summed E-state index contributed by atoms with van der Waals surface area (Å²) in [6, 6.07) is 16.9. The Kier molecular flexibility index (Phi) is 19.6. The molecule has 3 aromatic carbocycles. The third-order valence-electron chi connectivity index (χ3n) is 10.0. The van der Waals surface area contributed by atoms with Crippen molar-refractivity contribution in [3.8, 4) is 34.1 Å². The summed E-state index contributed by atoms with van der Waals surface area (Å²) in [5.41, 5.74) is 3.75. The second kappa shape index (κ2) is 24.6. The van der Waals surface area contributed by atoms with Gasteiger partial charge in [0.05, 0.1) is 33.0 Å². The fourth-order valence-corrected chi connectivity index (χ4v) is 6.85. The third-order valence-corrected chi connectivity index (χ3v) is 10.0. The number of carbonyl (C=O) groups excluding carboxylic acids is 2. The maximum Gasteiger partial charge on any atom is 0.251 e. The Hall–Kier alpha value is -4.04. The third kappa shape index (κ3) is 15.1. The molecule has 0 unspecified atom stereocenters. The highest BCUT2D eigenvalue weighted by atomic mass is 16.5. The van der Waals surface area contributed by atoms with Gasteiger partial charge in [0.2, 0.25) is 5.75 Å². The van der Waals surface area contributed by atoms with Crippen LogP contribution in [0.4, 0.5) is 0 Å². The predicted molar refractivity (Wildman–Crippen MR) is 227 cm³/mol. The van der Waals surface area contributed by atoms with Crippen molar-refractivity contribution in [3.05, 3.63) is 71.3 Å². The second-order valence-electron chi connectivity index (χ2n) is 16.4. The fourth-order valence-electron chi connectivity index (χ4n) is 6.85. The van der Waals surface area contributed by atoms with Crippen molar-refractivity contribution in [2.75, 3.05) is 46.2 Å². The van der Waals surface area contributed by atoms with Gasteiger partial charge in [-0.1, -0.05) is 124 Å². The van der Waals surface area contributed by atoms with Crippen LogP contribution < -0.4 is 24.3 Å². The van der Waals surface area contributed by atoms with E-state index in [4.69, 9.17) is 23.7 Å². The zero-order chi connectivity index (χ0) is 40.1.